The Morgan fingerprint density at radius 2 is 2.04 bits per heavy atom. The van der Waals surface area contributed by atoms with Crippen molar-refractivity contribution < 1.29 is 14.1 Å². The molecule has 0 aliphatic carbocycles. The molecule has 1 unspecified atom stereocenters. The van der Waals surface area contributed by atoms with Gasteiger partial charge in [-0.2, -0.15) is 4.98 Å². The van der Waals surface area contributed by atoms with Crippen molar-refractivity contribution in [3.8, 4) is 0 Å². The summed E-state index contributed by atoms with van der Waals surface area (Å²) in [6.45, 7) is 2.24. The lowest BCUT2D eigenvalue weighted by molar-refractivity contribution is 0.0653. The molecule has 1 aliphatic rings. The minimum absolute atomic E-state index is 0.215. The number of hydrogen-bond donors (Lipinski definition) is 1. The van der Waals surface area contributed by atoms with Gasteiger partial charge in [0, 0.05) is 29.9 Å². The molecule has 0 radical (unpaired) electrons. The van der Waals surface area contributed by atoms with Crippen molar-refractivity contribution in [2.24, 2.45) is 0 Å². The fraction of sp³-hybridized carbons (Fsp3) is 0.375. The predicted molar refractivity (Wildman–Crippen MR) is 89.7 cm³/mol. The normalized spacial score (nSPS) is 15.0. The van der Waals surface area contributed by atoms with Gasteiger partial charge in [-0.3, -0.25) is 14.5 Å². The van der Waals surface area contributed by atoms with Crippen LogP contribution in [-0.2, 0) is 12.8 Å². The van der Waals surface area contributed by atoms with E-state index in [0.29, 0.717) is 35.7 Å². The van der Waals surface area contributed by atoms with E-state index in [-0.39, 0.29) is 24.4 Å². The summed E-state index contributed by atoms with van der Waals surface area (Å²) in [6, 6.07) is 5.31. The van der Waals surface area contributed by atoms with Gasteiger partial charge in [0.2, 0.25) is 5.89 Å². The Bertz CT molecular complexity index is 789. The van der Waals surface area contributed by atoms with Crippen LogP contribution in [0.2, 0.25) is 0 Å². The number of fused-ring (bicyclic) bond motifs is 1. The van der Waals surface area contributed by atoms with E-state index in [1.165, 1.54) is 4.90 Å². The Morgan fingerprint density at radius 1 is 1.29 bits per heavy atom. The van der Waals surface area contributed by atoms with Crippen molar-refractivity contribution >= 4 is 27.7 Å². The van der Waals surface area contributed by atoms with Crippen LogP contribution in [0.25, 0.3) is 0 Å². The van der Waals surface area contributed by atoms with Crippen LogP contribution in [0.3, 0.4) is 0 Å². The van der Waals surface area contributed by atoms with Crippen molar-refractivity contribution in [1.29, 1.82) is 0 Å². The van der Waals surface area contributed by atoms with Crippen LogP contribution in [0.4, 0.5) is 0 Å². The molecule has 1 aromatic heterocycles. The van der Waals surface area contributed by atoms with Gasteiger partial charge in [-0.05, 0) is 32.2 Å². The van der Waals surface area contributed by atoms with E-state index in [1.54, 1.807) is 18.2 Å². The molecule has 126 valence electrons. The summed E-state index contributed by atoms with van der Waals surface area (Å²) in [5, 5.41) is 7.02. The number of amides is 2. The summed E-state index contributed by atoms with van der Waals surface area (Å²) < 4.78 is 5.96. The van der Waals surface area contributed by atoms with E-state index >= 15 is 0 Å². The molecular weight excluding hydrogens is 376 g/mol. The van der Waals surface area contributed by atoms with E-state index in [4.69, 9.17) is 4.52 Å². The standard InChI is InChI=1S/C16H17BrN4O3/c1-9(18-2)7-13-19-14(24-20-13)5-6-21-15(22)11-4-3-10(17)8-12(11)16(21)23/h3-4,8-9,18H,5-7H2,1-2H3. The van der Waals surface area contributed by atoms with Crippen molar-refractivity contribution in [1.82, 2.24) is 20.4 Å². The zero-order chi connectivity index (χ0) is 17.3. The molecule has 2 amide bonds. The van der Waals surface area contributed by atoms with Crippen molar-refractivity contribution in [2.75, 3.05) is 13.6 Å². The Labute approximate surface area is 147 Å². The average molecular weight is 393 g/mol. The van der Waals surface area contributed by atoms with Gasteiger partial charge in [0.1, 0.15) is 0 Å². The van der Waals surface area contributed by atoms with Crippen molar-refractivity contribution in [3.05, 3.63) is 45.5 Å². The maximum Gasteiger partial charge on any atom is 0.261 e. The number of carbonyl (C=O) groups excluding carboxylic acids is 2. The lowest BCUT2D eigenvalue weighted by Crippen LogP contribution is -2.31. The zero-order valence-corrected chi connectivity index (χ0v) is 15.0. The largest absolute Gasteiger partial charge is 0.339 e. The van der Waals surface area contributed by atoms with Crippen LogP contribution >= 0.6 is 15.9 Å². The van der Waals surface area contributed by atoms with Gasteiger partial charge < -0.3 is 9.84 Å². The molecule has 2 heterocycles. The predicted octanol–water partition coefficient (Wildman–Crippen LogP) is 1.82. The number of halogens is 1. The fourth-order valence-corrected chi connectivity index (χ4v) is 2.89. The number of hydrogen-bond acceptors (Lipinski definition) is 6. The minimum Gasteiger partial charge on any atom is -0.339 e. The maximum absolute atomic E-state index is 12.4. The minimum atomic E-state index is -0.292. The number of benzene rings is 1. The van der Waals surface area contributed by atoms with Crippen LogP contribution < -0.4 is 5.32 Å². The molecule has 24 heavy (non-hydrogen) atoms. The van der Waals surface area contributed by atoms with Gasteiger partial charge in [-0.1, -0.05) is 21.1 Å². The summed E-state index contributed by atoms with van der Waals surface area (Å²) in [5.74, 6) is 0.454. The highest BCUT2D eigenvalue weighted by Crippen LogP contribution is 2.26. The smallest absolute Gasteiger partial charge is 0.261 e. The molecule has 1 N–H and O–H groups in total. The first-order valence-electron chi connectivity index (χ1n) is 7.64. The molecule has 0 bridgehead atoms. The van der Waals surface area contributed by atoms with E-state index in [9.17, 15) is 9.59 Å². The molecule has 0 saturated carbocycles. The number of rotatable bonds is 6. The highest BCUT2D eigenvalue weighted by atomic mass is 79.9. The molecule has 8 heteroatoms. The first-order valence-corrected chi connectivity index (χ1v) is 8.43. The molecular formula is C16H17BrN4O3. The van der Waals surface area contributed by atoms with E-state index in [2.05, 4.69) is 31.4 Å². The van der Waals surface area contributed by atoms with Gasteiger partial charge in [0.25, 0.3) is 11.8 Å². The molecule has 1 aromatic carbocycles. The highest BCUT2D eigenvalue weighted by Gasteiger charge is 2.35. The number of likely N-dealkylation sites (N-methyl/N-ethyl adjacent to an activating group) is 1. The van der Waals surface area contributed by atoms with Gasteiger partial charge in [0.05, 0.1) is 11.1 Å². The fourth-order valence-electron chi connectivity index (χ4n) is 2.52. The molecule has 3 rings (SSSR count). The van der Waals surface area contributed by atoms with Gasteiger partial charge >= 0.3 is 0 Å². The van der Waals surface area contributed by atoms with Gasteiger partial charge in [-0.15, -0.1) is 0 Å². The van der Waals surface area contributed by atoms with Crippen molar-refractivity contribution in [2.45, 2.75) is 25.8 Å². The Kier molecular flexibility index (Phi) is 4.77. The lowest BCUT2D eigenvalue weighted by Gasteiger charge is -2.11. The third kappa shape index (κ3) is 3.25. The molecule has 2 aromatic rings. The number of carbonyl (C=O) groups is 2. The second kappa shape index (κ2) is 6.82. The SMILES string of the molecule is CNC(C)Cc1noc(CCN2C(=O)c3ccc(Br)cc3C2=O)n1. The topological polar surface area (TPSA) is 88.3 Å². The molecule has 1 atom stereocenters. The summed E-state index contributed by atoms with van der Waals surface area (Å²) in [6.07, 6.45) is 0.995. The van der Waals surface area contributed by atoms with Crippen LogP contribution in [0.1, 0.15) is 39.4 Å². The van der Waals surface area contributed by atoms with Gasteiger partial charge in [-0.25, -0.2) is 0 Å². The molecule has 0 spiro atoms. The lowest BCUT2D eigenvalue weighted by atomic mass is 10.1. The quantitative estimate of drug-likeness (QED) is 0.754. The molecule has 1 aliphatic heterocycles. The first kappa shape index (κ1) is 16.8. The summed E-state index contributed by atoms with van der Waals surface area (Å²) in [4.78, 5) is 30.2. The summed E-state index contributed by atoms with van der Waals surface area (Å²) in [7, 11) is 1.87. The van der Waals surface area contributed by atoms with E-state index in [1.807, 2.05) is 14.0 Å². The number of nitrogens with zero attached hydrogens (tertiary/aromatic N) is 3. The second-order valence-electron chi connectivity index (χ2n) is 5.70. The van der Waals surface area contributed by atoms with Crippen LogP contribution in [0.5, 0.6) is 0 Å². The van der Waals surface area contributed by atoms with Crippen molar-refractivity contribution in [3.63, 3.8) is 0 Å². The Morgan fingerprint density at radius 3 is 2.79 bits per heavy atom. The average Bonchev–Trinajstić information content (AvgIpc) is 3.09. The Hall–Kier alpha value is -2.06. The monoisotopic (exact) mass is 392 g/mol. The second-order valence-corrected chi connectivity index (χ2v) is 6.62. The third-order valence-electron chi connectivity index (χ3n) is 3.97. The summed E-state index contributed by atoms with van der Waals surface area (Å²) >= 11 is 3.32. The maximum atomic E-state index is 12.4. The van der Waals surface area contributed by atoms with E-state index in [0.717, 1.165) is 4.47 Å². The van der Waals surface area contributed by atoms with E-state index < -0.39 is 0 Å². The number of imide groups is 1. The third-order valence-corrected chi connectivity index (χ3v) is 4.47. The highest BCUT2D eigenvalue weighted by molar-refractivity contribution is 9.10. The van der Waals surface area contributed by atoms with Gasteiger partial charge in [0.15, 0.2) is 5.82 Å². The zero-order valence-electron chi connectivity index (χ0n) is 13.4. The first-order chi connectivity index (χ1) is 11.5. The van der Waals surface area contributed by atoms with Crippen LogP contribution in [0.15, 0.2) is 27.2 Å². The Balaban J connectivity index is 1.66. The molecule has 7 nitrogen and oxygen atoms in total. The molecule has 0 saturated heterocycles. The van der Waals surface area contributed by atoms with Crippen LogP contribution in [0, 0.1) is 0 Å². The molecule has 0 fully saturated rings. The number of aromatic nitrogens is 2. The summed E-state index contributed by atoms with van der Waals surface area (Å²) in [5.41, 5.74) is 0.848. The number of nitrogens with one attached hydrogen (secondary N) is 1. The van der Waals surface area contributed by atoms with Crippen LogP contribution in [-0.4, -0.2) is 46.5 Å².